The van der Waals surface area contributed by atoms with Gasteiger partial charge in [-0.05, 0) is 6.42 Å². The van der Waals surface area contributed by atoms with E-state index in [0.717, 1.165) is 0 Å². The van der Waals surface area contributed by atoms with E-state index in [-0.39, 0.29) is 18.4 Å². The number of carboxylic acids is 1. The van der Waals surface area contributed by atoms with Crippen molar-refractivity contribution in [2.24, 2.45) is 11.8 Å². The average molecular weight is 214 g/mol. The van der Waals surface area contributed by atoms with Crippen LogP contribution in [0.25, 0.3) is 0 Å². The van der Waals surface area contributed by atoms with E-state index in [1.165, 1.54) is 4.90 Å². The minimum atomic E-state index is -0.950. The maximum atomic E-state index is 11.3. The SMILES string of the molecule is CN(C)C(=O)CNC(=O)C1CC1C(=O)O. The van der Waals surface area contributed by atoms with Crippen molar-refractivity contribution in [3.8, 4) is 0 Å². The first-order valence-electron chi connectivity index (χ1n) is 4.64. The van der Waals surface area contributed by atoms with E-state index in [4.69, 9.17) is 5.11 Å². The molecule has 0 aromatic carbocycles. The van der Waals surface area contributed by atoms with Crippen molar-refractivity contribution in [3.63, 3.8) is 0 Å². The molecule has 2 unspecified atom stereocenters. The maximum absolute atomic E-state index is 11.3. The smallest absolute Gasteiger partial charge is 0.307 e. The highest BCUT2D eigenvalue weighted by atomic mass is 16.4. The second-order valence-corrected chi connectivity index (χ2v) is 3.79. The summed E-state index contributed by atoms with van der Waals surface area (Å²) in [5, 5.41) is 11.0. The molecule has 1 aliphatic rings. The van der Waals surface area contributed by atoms with Crippen LogP contribution in [0.2, 0.25) is 0 Å². The molecule has 6 nitrogen and oxygen atoms in total. The van der Waals surface area contributed by atoms with E-state index in [1.807, 2.05) is 0 Å². The van der Waals surface area contributed by atoms with Crippen molar-refractivity contribution in [1.29, 1.82) is 0 Å². The number of carbonyl (C=O) groups is 3. The molecule has 0 aliphatic heterocycles. The summed E-state index contributed by atoms with van der Waals surface area (Å²) in [5.74, 6) is -2.54. The third kappa shape index (κ3) is 2.93. The van der Waals surface area contributed by atoms with Gasteiger partial charge in [-0.2, -0.15) is 0 Å². The van der Waals surface area contributed by atoms with E-state index in [2.05, 4.69) is 5.32 Å². The minimum Gasteiger partial charge on any atom is -0.481 e. The van der Waals surface area contributed by atoms with Crippen molar-refractivity contribution in [3.05, 3.63) is 0 Å². The molecule has 1 aliphatic carbocycles. The third-order valence-electron chi connectivity index (χ3n) is 2.36. The molecule has 2 atom stereocenters. The van der Waals surface area contributed by atoms with Gasteiger partial charge in [-0.25, -0.2) is 0 Å². The minimum absolute atomic E-state index is 0.0747. The van der Waals surface area contributed by atoms with Gasteiger partial charge in [0.15, 0.2) is 0 Å². The fourth-order valence-electron chi connectivity index (χ4n) is 1.21. The van der Waals surface area contributed by atoms with E-state index in [9.17, 15) is 14.4 Å². The molecule has 15 heavy (non-hydrogen) atoms. The summed E-state index contributed by atoms with van der Waals surface area (Å²) < 4.78 is 0. The molecule has 0 spiro atoms. The number of nitrogens with zero attached hydrogens (tertiary/aromatic N) is 1. The fraction of sp³-hybridized carbons (Fsp3) is 0.667. The Morgan fingerprint density at radius 2 is 1.93 bits per heavy atom. The van der Waals surface area contributed by atoms with Gasteiger partial charge in [-0.1, -0.05) is 0 Å². The summed E-state index contributed by atoms with van der Waals surface area (Å²) >= 11 is 0. The largest absolute Gasteiger partial charge is 0.481 e. The number of hydrogen-bond donors (Lipinski definition) is 2. The molecule has 0 aromatic rings. The van der Waals surface area contributed by atoms with Crippen molar-refractivity contribution in [2.75, 3.05) is 20.6 Å². The number of likely N-dealkylation sites (N-methyl/N-ethyl adjacent to an activating group) is 1. The Kier molecular flexibility index (Phi) is 3.28. The molecule has 84 valence electrons. The van der Waals surface area contributed by atoms with E-state index < -0.39 is 17.8 Å². The Balaban J connectivity index is 2.27. The first-order chi connectivity index (χ1) is 6.93. The molecule has 0 heterocycles. The molecular weight excluding hydrogens is 200 g/mol. The van der Waals surface area contributed by atoms with Gasteiger partial charge in [0.2, 0.25) is 11.8 Å². The quantitative estimate of drug-likeness (QED) is 0.622. The molecule has 0 radical (unpaired) electrons. The second kappa shape index (κ2) is 4.29. The predicted molar refractivity (Wildman–Crippen MR) is 50.9 cm³/mol. The monoisotopic (exact) mass is 214 g/mol. The zero-order chi connectivity index (χ0) is 11.6. The topological polar surface area (TPSA) is 86.7 Å². The van der Waals surface area contributed by atoms with Crippen LogP contribution in [-0.2, 0) is 14.4 Å². The maximum Gasteiger partial charge on any atom is 0.307 e. The molecule has 1 rings (SSSR count). The molecule has 2 N–H and O–H groups in total. The summed E-state index contributed by atoms with van der Waals surface area (Å²) in [4.78, 5) is 34.2. The Bertz CT molecular complexity index is 300. The molecule has 0 saturated heterocycles. The van der Waals surface area contributed by atoms with E-state index in [0.29, 0.717) is 6.42 Å². The molecule has 6 heteroatoms. The molecule has 0 aromatic heterocycles. The summed E-state index contributed by atoms with van der Waals surface area (Å²) in [5.41, 5.74) is 0. The van der Waals surface area contributed by atoms with Gasteiger partial charge in [-0.15, -0.1) is 0 Å². The number of amides is 2. The molecule has 1 saturated carbocycles. The van der Waals surface area contributed by atoms with Crippen LogP contribution in [0.4, 0.5) is 0 Å². The number of aliphatic carboxylic acids is 1. The summed E-state index contributed by atoms with van der Waals surface area (Å²) in [6, 6.07) is 0. The van der Waals surface area contributed by atoms with Crippen LogP contribution >= 0.6 is 0 Å². The summed E-state index contributed by atoms with van der Waals surface area (Å²) in [7, 11) is 3.18. The van der Waals surface area contributed by atoms with Crippen LogP contribution in [-0.4, -0.2) is 48.4 Å². The van der Waals surface area contributed by atoms with Gasteiger partial charge in [0, 0.05) is 14.1 Å². The number of nitrogens with one attached hydrogen (secondary N) is 1. The number of carboxylic acid groups (broad SMARTS) is 1. The van der Waals surface area contributed by atoms with Crippen molar-refractivity contribution in [2.45, 2.75) is 6.42 Å². The lowest BCUT2D eigenvalue weighted by Gasteiger charge is -2.10. The number of hydrogen-bond acceptors (Lipinski definition) is 3. The Labute approximate surface area is 87.2 Å². The first kappa shape index (κ1) is 11.5. The standard InChI is InChI=1S/C9H14N2O4/c1-11(2)7(12)4-10-8(13)5-3-6(5)9(14)15/h5-6H,3-4H2,1-2H3,(H,10,13)(H,14,15). The van der Waals surface area contributed by atoms with E-state index in [1.54, 1.807) is 14.1 Å². The lowest BCUT2D eigenvalue weighted by atomic mass is 10.3. The van der Waals surface area contributed by atoms with Gasteiger partial charge in [0.1, 0.15) is 0 Å². The third-order valence-corrected chi connectivity index (χ3v) is 2.36. The highest BCUT2D eigenvalue weighted by molar-refractivity contribution is 5.91. The molecule has 1 fully saturated rings. The normalized spacial score (nSPS) is 23.1. The van der Waals surface area contributed by atoms with Crippen molar-refractivity contribution in [1.82, 2.24) is 10.2 Å². The van der Waals surface area contributed by atoms with Crippen molar-refractivity contribution < 1.29 is 19.5 Å². The van der Waals surface area contributed by atoms with Gasteiger partial charge in [0.25, 0.3) is 0 Å². The lowest BCUT2D eigenvalue weighted by Crippen LogP contribution is -2.37. The zero-order valence-electron chi connectivity index (χ0n) is 8.69. The van der Waals surface area contributed by atoms with Crippen molar-refractivity contribution >= 4 is 17.8 Å². The van der Waals surface area contributed by atoms with Crippen LogP contribution in [0.15, 0.2) is 0 Å². The predicted octanol–water partition coefficient (Wildman–Crippen LogP) is -1.09. The van der Waals surface area contributed by atoms with Crippen LogP contribution in [0.5, 0.6) is 0 Å². The lowest BCUT2D eigenvalue weighted by molar-refractivity contribution is -0.140. The Morgan fingerprint density at radius 1 is 1.33 bits per heavy atom. The molecule has 2 amide bonds. The Hall–Kier alpha value is -1.59. The number of carbonyl (C=O) groups excluding carboxylic acids is 2. The van der Waals surface area contributed by atoms with Crippen LogP contribution < -0.4 is 5.32 Å². The highest BCUT2D eigenvalue weighted by Crippen LogP contribution is 2.38. The highest BCUT2D eigenvalue weighted by Gasteiger charge is 2.48. The average Bonchev–Trinajstić information content (AvgIpc) is 2.92. The van der Waals surface area contributed by atoms with Crippen LogP contribution in [0.1, 0.15) is 6.42 Å². The first-order valence-corrected chi connectivity index (χ1v) is 4.64. The van der Waals surface area contributed by atoms with Gasteiger partial charge >= 0.3 is 5.97 Å². The fourth-order valence-corrected chi connectivity index (χ4v) is 1.21. The second-order valence-electron chi connectivity index (χ2n) is 3.79. The zero-order valence-corrected chi connectivity index (χ0v) is 8.69. The van der Waals surface area contributed by atoms with E-state index >= 15 is 0 Å². The molecular formula is C9H14N2O4. The molecule has 0 bridgehead atoms. The van der Waals surface area contributed by atoms with Crippen LogP contribution in [0, 0.1) is 11.8 Å². The summed E-state index contributed by atoms with van der Waals surface area (Å²) in [6.45, 7) is -0.0747. The Morgan fingerprint density at radius 3 is 2.33 bits per heavy atom. The van der Waals surface area contributed by atoms with Gasteiger partial charge in [-0.3, -0.25) is 14.4 Å². The van der Waals surface area contributed by atoms with Crippen LogP contribution in [0.3, 0.4) is 0 Å². The summed E-state index contributed by atoms with van der Waals surface area (Å²) in [6.07, 6.45) is 0.372. The number of rotatable bonds is 4. The van der Waals surface area contributed by atoms with Gasteiger partial charge in [0.05, 0.1) is 18.4 Å². The van der Waals surface area contributed by atoms with Gasteiger partial charge < -0.3 is 15.3 Å².